The number of hydrogen-bond acceptors (Lipinski definition) is 4. The monoisotopic (exact) mass is 279 g/mol. The van der Waals surface area contributed by atoms with E-state index < -0.39 is 0 Å². The lowest BCUT2D eigenvalue weighted by Crippen LogP contribution is -2.45. The molecule has 2 rings (SSSR count). The molecular weight excluding hydrogens is 258 g/mol. The third-order valence-electron chi connectivity index (χ3n) is 3.73. The summed E-state index contributed by atoms with van der Waals surface area (Å²) in [6, 6.07) is 5.06. The van der Waals surface area contributed by atoms with E-state index in [0.717, 1.165) is 19.3 Å². The second kappa shape index (κ2) is 6.61. The molecule has 5 nitrogen and oxygen atoms in total. The van der Waals surface area contributed by atoms with E-state index in [2.05, 4.69) is 0 Å². The molecule has 5 heteroatoms. The van der Waals surface area contributed by atoms with Crippen LogP contribution in [-0.4, -0.2) is 49.3 Å². The standard InChI is InChI=1S/C15H21NO4/c1-19-13-7-6-11(9-14(13)20-2)15(18)16-8-4-3-5-12(16)10-17/h6-7,9,12,17H,3-5,8,10H2,1-2H3. The van der Waals surface area contributed by atoms with Gasteiger partial charge in [-0.15, -0.1) is 0 Å². The summed E-state index contributed by atoms with van der Waals surface area (Å²) in [5, 5.41) is 9.40. The molecule has 1 fully saturated rings. The summed E-state index contributed by atoms with van der Waals surface area (Å²) < 4.78 is 10.4. The van der Waals surface area contributed by atoms with Crippen LogP contribution in [-0.2, 0) is 0 Å². The zero-order valence-corrected chi connectivity index (χ0v) is 12.0. The van der Waals surface area contributed by atoms with Crippen LogP contribution in [0, 0.1) is 0 Å². The lowest BCUT2D eigenvalue weighted by Gasteiger charge is -2.34. The number of amides is 1. The largest absolute Gasteiger partial charge is 0.493 e. The Labute approximate surface area is 119 Å². The van der Waals surface area contributed by atoms with Crippen molar-refractivity contribution in [2.24, 2.45) is 0 Å². The van der Waals surface area contributed by atoms with Crippen LogP contribution >= 0.6 is 0 Å². The van der Waals surface area contributed by atoms with Crippen molar-refractivity contribution in [3.63, 3.8) is 0 Å². The van der Waals surface area contributed by atoms with E-state index >= 15 is 0 Å². The summed E-state index contributed by atoms with van der Waals surface area (Å²) in [6.07, 6.45) is 2.89. The van der Waals surface area contributed by atoms with E-state index in [-0.39, 0.29) is 18.6 Å². The maximum atomic E-state index is 12.6. The Morgan fingerprint density at radius 2 is 2.05 bits per heavy atom. The van der Waals surface area contributed by atoms with Gasteiger partial charge in [-0.1, -0.05) is 0 Å². The minimum absolute atomic E-state index is 0.0129. The number of carbonyl (C=O) groups excluding carboxylic acids is 1. The molecule has 20 heavy (non-hydrogen) atoms. The Kier molecular flexibility index (Phi) is 4.84. The Morgan fingerprint density at radius 1 is 1.30 bits per heavy atom. The molecule has 0 spiro atoms. The quantitative estimate of drug-likeness (QED) is 0.911. The molecule has 1 N–H and O–H groups in total. The third kappa shape index (κ3) is 2.88. The number of aliphatic hydroxyl groups is 1. The molecule has 0 bridgehead atoms. The van der Waals surface area contributed by atoms with Crippen LogP contribution in [0.2, 0.25) is 0 Å². The number of hydrogen-bond donors (Lipinski definition) is 1. The van der Waals surface area contributed by atoms with Crippen LogP contribution in [0.4, 0.5) is 0 Å². The third-order valence-corrected chi connectivity index (χ3v) is 3.73. The van der Waals surface area contributed by atoms with Crippen molar-refractivity contribution >= 4 is 5.91 Å². The number of likely N-dealkylation sites (tertiary alicyclic amines) is 1. The van der Waals surface area contributed by atoms with Gasteiger partial charge in [0, 0.05) is 12.1 Å². The van der Waals surface area contributed by atoms with Crippen LogP contribution in [0.3, 0.4) is 0 Å². The molecule has 1 heterocycles. The van der Waals surface area contributed by atoms with E-state index in [1.165, 1.54) is 0 Å². The number of rotatable bonds is 4. The predicted octanol–water partition coefficient (Wildman–Crippen LogP) is 1.69. The van der Waals surface area contributed by atoms with E-state index in [0.29, 0.717) is 23.6 Å². The van der Waals surface area contributed by atoms with Gasteiger partial charge in [0.15, 0.2) is 11.5 Å². The Hall–Kier alpha value is -1.75. The van der Waals surface area contributed by atoms with Gasteiger partial charge in [0.2, 0.25) is 0 Å². The van der Waals surface area contributed by atoms with Gasteiger partial charge < -0.3 is 19.5 Å². The predicted molar refractivity (Wildman–Crippen MR) is 75.3 cm³/mol. The molecule has 1 atom stereocenters. The highest BCUT2D eigenvalue weighted by molar-refractivity contribution is 5.95. The number of ether oxygens (including phenoxy) is 2. The zero-order valence-electron chi connectivity index (χ0n) is 12.0. The number of methoxy groups -OCH3 is 2. The van der Waals surface area contributed by atoms with Gasteiger partial charge >= 0.3 is 0 Å². The molecule has 0 aliphatic carbocycles. The van der Waals surface area contributed by atoms with E-state index in [1.54, 1.807) is 37.3 Å². The number of aliphatic hydroxyl groups excluding tert-OH is 1. The number of piperidine rings is 1. The minimum atomic E-state index is -0.0793. The van der Waals surface area contributed by atoms with Gasteiger partial charge in [-0.25, -0.2) is 0 Å². The molecule has 0 radical (unpaired) electrons. The van der Waals surface area contributed by atoms with Crippen LogP contribution in [0.1, 0.15) is 29.6 Å². The molecule has 1 unspecified atom stereocenters. The van der Waals surface area contributed by atoms with E-state index in [4.69, 9.17) is 9.47 Å². The zero-order chi connectivity index (χ0) is 14.5. The second-order valence-electron chi connectivity index (χ2n) is 4.90. The topological polar surface area (TPSA) is 59.0 Å². The second-order valence-corrected chi connectivity index (χ2v) is 4.90. The fraction of sp³-hybridized carbons (Fsp3) is 0.533. The number of benzene rings is 1. The SMILES string of the molecule is COc1ccc(C(=O)N2CCCCC2CO)cc1OC. The highest BCUT2D eigenvalue weighted by Crippen LogP contribution is 2.29. The summed E-state index contributed by atoms with van der Waals surface area (Å²) in [5.74, 6) is 1.07. The lowest BCUT2D eigenvalue weighted by atomic mass is 10.0. The van der Waals surface area contributed by atoms with Gasteiger partial charge in [-0.3, -0.25) is 4.79 Å². The average Bonchev–Trinajstić information content (AvgIpc) is 2.53. The fourth-order valence-electron chi connectivity index (χ4n) is 2.59. The molecule has 1 aromatic carbocycles. The molecule has 1 aliphatic heterocycles. The van der Waals surface area contributed by atoms with Crippen LogP contribution in [0.15, 0.2) is 18.2 Å². The molecular formula is C15H21NO4. The van der Waals surface area contributed by atoms with Crippen molar-refractivity contribution in [2.75, 3.05) is 27.4 Å². The first-order valence-corrected chi connectivity index (χ1v) is 6.85. The Morgan fingerprint density at radius 3 is 2.70 bits per heavy atom. The minimum Gasteiger partial charge on any atom is -0.493 e. The first kappa shape index (κ1) is 14.7. The molecule has 110 valence electrons. The smallest absolute Gasteiger partial charge is 0.254 e. The number of nitrogens with zero attached hydrogens (tertiary/aromatic N) is 1. The molecule has 0 aromatic heterocycles. The van der Waals surface area contributed by atoms with E-state index in [1.807, 2.05) is 0 Å². The fourth-order valence-corrected chi connectivity index (χ4v) is 2.59. The first-order valence-electron chi connectivity index (χ1n) is 6.85. The lowest BCUT2D eigenvalue weighted by molar-refractivity contribution is 0.0502. The summed E-state index contributed by atoms with van der Waals surface area (Å²) in [7, 11) is 3.11. The van der Waals surface area contributed by atoms with Crippen molar-refractivity contribution in [1.29, 1.82) is 0 Å². The van der Waals surface area contributed by atoms with E-state index in [9.17, 15) is 9.90 Å². The van der Waals surface area contributed by atoms with Crippen molar-refractivity contribution in [3.8, 4) is 11.5 Å². The highest BCUT2D eigenvalue weighted by Gasteiger charge is 2.27. The van der Waals surface area contributed by atoms with Gasteiger partial charge in [0.25, 0.3) is 5.91 Å². The van der Waals surface area contributed by atoms with Crippen LogP contribution < -0.4 is 9.47 Å². The van der Waals surface area contributed by atoms with Crippen LogP contribution in [0.5, 0.6) is 11.5 Å². The van der Waals surface area contributed by atoms with Gasteiger partial charge in [0.05, 0.1) is 26.9 Å². The number of carbonyl (C=O) groups is 1. The summed E-state index contributed by atoms with van der Waals surface area (Å²) in [4.78, 5) is 14.3. The molecule has 1 aromatic rings. The Balaban J connectivity index is 2.23. The normalized spacial score (nSPS) is 18.8. The van der Waals surface area contributed by atoms with Crippen molar-refractivity contribution in [1.82, 2.24) is 4.90 Å². The van der Waals surface area contributed by atoms with Crippen molar-refractivity contribution < 1.29 is 19.4 Å². The highest BCUT2D eigenvalue weighted by atomic mass is 16.5. The average molecular weight is 279 g/mol. The van der Waals surface area contributed by atoms with Gasteiger partial charge in [-0.2, -0.15) is 0 Å². The van der Waals surface area contributed by atoms with Crippen molar-refractivity contribution in [3.05, 3.63) is 23.8 Å². The summed E-state index contributed by atoms with van der Waals surface area (Å²) in [5.41, 5.74) is 0.558. The van der Waals surface area contributed by atoms with Gasteiger partial charge in [0.1, 0.15) is 0 Å². The first-order chi connectivity index (χ1) is 9.71. The molecule has 0 saturated carbocycles. The van der Waals surface area contributed by atoms with Crippen LogP contribution in [0.25, 0.3) is 0 Å². The molecule has 1 saturated heterocycles. The summed E-state index contributed by atoms with van der Waals surface area (Å²) >= 11 is 0. The van der Waals surface area contributed by atoms with Gasteiger partial charge in [-0.05, 0) is 37.5 Å². The summed E-state index contributed by atoms with van der Waals surface area (Å²) in [6.45, 7) is 0.706. The van der Waals surface area contributed by atoms with Crippen molar-refractivity contribution in [2.45, 2.75) is 25.3 Å². The maximum Gasteiger partial charge on any atom is 0.254 e. The Bertz CT molecular complexity index is 475. The maximum absolute atomic E-state index is 12.6. The molecule has 1 aliphatic rings. The molecule has 1 amide bonds.